The quantitative estimate of drug-likeness (QED) is 0.661. The average molecular weight is 370 g/mol. The van der Waals surface area contributed by atoms with Gasteiger partial charge in [0.05, 0.1) is 19.2 Å². The van der Waals surface area contributed by atoms with Gasteiger partial charge in [-0.05, 0) is 30.5 Å². The number of benzene rings is 1. The summed E-state index contributed by atoms with van der Waals surface area (Å²) in [6, 6.07) is 9.33. The maximum Gasteiger partial charge on any atom is 0.303 e. The van der Waals surface area contributed by atoms with E-state index in [0.717, 1.165) is 17.7 Å². The monoisotopic (exact) mass is 370 g/mol. The molecule has 1 aromatic heterocycles. The Morgan fingerprint density at radius 1 is 1.15 bits per heavy atom. The Kier molecular flexibility index (Phi) is 5.90. The van der Waals surface area contributed by atoms with Crippen LogP contribution in [0.3, 0.4) is 0 Å². The maximum absolute atomic E-state index is 12.4. The number of nitrogens with one attached hydrogen (secondary N) is 1. The van der Waals surface area contributed by atoms with E-state index in [9.17, 15) is 14.4 Å². The van der Waals surface area contributed by atoms with Crippen molar-refractivity contribution in [2.45, 2.75) is 38.6 Å². The summed E-state index contributed by atoms with van der Waals surface area (Å²) in [5.74, 6) is -0.926. The van der Waals surface area contributed by atoms with Crippen LogP contribution in [0.1, 0.15) is 47.4 Å². The van der Waals surface area contributed by atoms with Crippen molar-refractivity contribution in [3.05, 3.63) is 53.5 Å². The van der Waals surface area contributed by atoms with Gasteiger partial charge in [-0.25, -0.2) is 0 Å². The fraction of sp³-hybridized carbons (Fsp3) is 0.350. The SMILES string of the molecule is O=C(O)CCCCCNC(=O)c1occc1CN1C(=O)Cc2ccccc21. The van der Waals surface area contributed by atoms with Crippen molar-refractivity contribution >= 4 is 23.5 Å². The van der Waals surface area contributed by atoms with E-state index in [4.69, 9.17) is 9.52 Å². The second kappa shape index (κ2) is 8.53. The van der Waals surface area contributed by atoms with Crippen LogP contribution in [0, 0.1) is 0 Å². The number of carboxylic acids is 1. The number of fused-ring (bicyclic) bond motifs is 1. The fourth-order valence-electron chi connectivity index (χ4n) is 3.18. The number of hydrogen-bond donors (Lipinski definition) is 2. The molecule has 0 spiro atoms. The first-order valence-electron chi connectivity index (χ1n) is 9.01. The normalized spacial score (nSPS) is 12.9. The number of para-hydroxylation sites is 1. The van der Waals surface area contributed by atoms with Gasteiger partial charge in [-0.15, -0.1) is 0 Å². The zero-order valence-electron chi connectivity index (χ0n) is 14.9. The van der Waals surface area contributed by atoms with Crippen LogP contribution in [-0.4, -0.2) is 29.4 Å². The summed E-state index contributed by atoms with van der Waals surface area (Å²) in [5, 5.41) is 11.4. The van der Waals surface area contributed by atoms with Gasteiger partial charge in [0.1, 0.15) is 0 Å². The first-order chi connectivity index (χ1) is 13.1. The van der Waals surface area contributed by atoms with Crippen LogP contribution in [-0.2, 0) is 22.6 Å². The molecule has 7 nitrogen and oxygen atoms in total. The summed E-state index contributed by atoms with van der Waals surface area (Å²) in [5.41, 5.74) is 2.51. The fourth-order valence-corrected chi connectivity index (χ4v) is 3.18. The third kappa shape index (κ3) is 4.55. The highest BCUT2D eigenvalue weighted by Crippen LogP contribution is 2.30. The maximum atomic E-state index is 12.4. The van der Waals surface area contributed by atoms with Crippen molar-refractivity contribution in [2.75, 3.05) is 11.4 Å². The van der Waals surface area contributed by atoms with Gasteiger partial charge in [-0.1, -0.05) is 24.6 Å². The molecule has 2 heterocycles. The molecule has 1 aromatic carbocycles. The lowest BCUT2D eigenvalue weighted by atomic mass is 10.1. The second-order valence-electron chi connectivity index (χ2n) is 6.52. The number of hydrogen-bond acceptors (Lipinski definition) is 4. The summed E-state index contributed by atoms with van der Waals surface area (Å²) >= 11 is 0. The van der Waals surface area contributed by atoms with E-state index in [1.54, 1.807) is 11.0 Å². The smallest absolute Gasteiger partial charge is 0.303 e. The third-order valence-electron chi connectivity index (χ3n) is 4.56. The molecule has 0 bridgehead atoms. The van der Waals surface area contributed by atoms with Crippen molar-refractivity contribution in [3.8, 4) is 0 Å². The number of anilines is 1. The summed E-state index contributed by atoms with van der Waals surface area (Å²) in [6.07, 6.45) is 3.98. The molecule has 0 atom stereocenters. The lowest BCUT2D eigenvalue weighted by molar-refractivity contribution is -0.137. The van der Waals surface area contributed by atoms with E-state index in [2.05, 4.69) is 5.32 Å². The topological polar surface area (TPSA) is 99.8 Å². The number of aliphatic carboxylic acids is 1. The number of nitrogens with zero attached hydrogens (tertiary/aromatic N) is 1. The molecule has 2 N–H and O–H groups in total. The van der Waals surface area contributed by atoms with Gasteiger partial charge in [0.25, 0.3) is 5.91 Å². The molecular weight excluding hydrogens is 348 g/mol. The highest BCUT2D eigenvalue weighted by Gasteiger charge is 2.28. The molecule has 7 heteroatoms. The van der Waals surface area contributed by atoms with Crippen LogP contribution >= 0.6 is 0 Å². The van der Waals surface area contributed by atoms with Crippen LogP contribution in [0.25, 0.3) is 0 Å². The predicted octanol–water partition coefficient (Wildman–Crippen LogP) is 2.74. The van der Waals surface area contributed by atoms with E-state index in [1.807, 2.05) is 24.3 Å². The number of rotatable bonds is 9. The largest absolute Gasteiger partial charge is 0.481 e. The van der Waals surface area contributed by atoms with Gasteiger partial charge in [0, 0.05) is 24.2 Å². The van der Waals surface area contributed by atoms with Crippen LogP contribution in [0.15, 0.2) is 41.0 Å². The molecule has 1 aliphatic heterocycles. The molecule has 0 aliphatic carbocycles. The first kappa shape index (κ1) is 18.7. The van der Waals surface area contributed by atoms with Gasteiger partial charge >= 0.3 is 5.97 Å². The number of carboxylic acid groups (broad SMARTS) is 1. The number of unbranched alkanes of at least 4 members (excludes halogenated alkanes) is 2. The van der Waals surface area contributed by atoms with E-state index in [0.29, 0.717) is 31.4 Å². The molecule has 1 aliphatic rings. The Morgan fingerprint density at radius 2 is 1.96 bits per heavy atom. The van der Waals surface area contributed by atoms with Crippen LogP contribution in [0.2, 0.25) is 0 Å². The number of carbonyl (C=O) groups is 3. The molecule has 0 fully saturated rings. The van der Waals surface area contributed by atoms with E-state index < -0.39 is 5.97 Å². The molecule has 0 unspecified atom stereocenters. The number of amides is 2. The lowest BCUT2D eigenvalue weighted by Crippen LogP contribution is -2.29. The van der Waals surface area contributed by atoms with Crippen molar-refractivity contribution in [3.63, 3.8) is 0 Å². The lowest BCUT2D eigenvalue weighted by Gasteiger charge is -2.17. The van der Waals surface area contributed by atoms with E-state index in [-0.39, 0.29) is 30.5 Å². The summed E-state index contributed by atoms with van der Waals surface area (Å²) in [7, 11) is 0. The Balaban J connectivity index is 1.56. The molecule has 27 heavy (non-hydrogen) atoms. The molecular formula is C20H22N2O5. The molecule has 0 saturated carbocycles. The van der Waals surface area contributed by atoms with Gasteiger partial charge in [0.2, 0.25) is 5.91 Å². The number of furan rings is 1. The highest BCUT2D eigenvalue weighted by atomic mass is 16.4. The molecule has 3 rings (SSSR count). The van der Waals surface area contributed by atoms with E-state index in [1.165, 1.54) is 6.26 Å². The van der Waals surface area contributed by atoms with Gasteiger partial charge in [-0.3, -0.25) is 14.4 Å². The second-order valence-corrected chi connectivity index (χ2v) is 6.52. The molecule has 0 saturated heterocycles. The third-order valence-corrected chi connectivity index (χ3v) is 4.56. The summed E-state index contributed by atoms with van der Waals surface area (Å²) in [4.78, 5) is 36.8. The Hall–Kier alpha value is -3.09. The first-order valence-corrected chi connectivity index (χ1v) is 9.01. The zero-order valence-corrected chi connectivity index (χ0v) is 14.9. The van der Waals surface area contributed by atoms with Gasteiger partial charge in [-0.2, -0.15) is 0 Å². The van der Waals surface area contributed by atoms with Crippen LogP contribution in [0.5, 0.6) is 0 Å². The van der Waals surface area contributed by atoms with Crippen molar-refractivity contribution in [2.24, 2.45) is 0 Å². The zero-order chi connectivity index (χ0) is 19.2. The van der Waals surface area contributed by atoms with Crippen LogP contribution < -0.4 is 10.2 Å². The minimum Gasteiger partial charge on any atom is -0.481 e. The Labute approximate surface area is 157 Å². The minimum atomic E-state index is -0.808. The average Bonchev–Trinajstić information content (AvgIpc) is 3.23. The number of carbonyl (C=O) groups excluding carboxylic acids is 2. The summed E-state index contributed by atoms with van der Waals surface area (Å²) in [6.45, 7) is 0.734. The Morgan fingerprint density at radius 3 is 2.78 bits per heavy atom. The molecule has 2 amide bonds. The molecule has 0 radical (unpaired) electrons. The Bertz CT molecular complexity index is 842. The van der Waals surface area contributed by atoms with Crippen LogP contribution in [0.4, 0.5) is 5.69 Å². The highest BCUT2D eigenvalue weighted by molar-refractivity contribution is 6.01. The molecule has 142 valence electrons. The summed E-state index contributed by atoms with van der Waals surface area (Å²) < 4.78 is 5.34. The van der Waals surface area contributed by atoms with Gasteiger partial charge in [0.15, 0.2) is 5.76 Å². The van der Waals surface area contributed by atoms with Crippen molar-refractivity contribution < 1.29 is 23.9 Å². The minimum absolute atomic E-state index is 0.00203. The standard InChI is InChI=1S/C20H22N2O5/c23-17-12-14-6-3-4-7-16(14)22(17)13-15-9-11-27-19(15)20(26)21-10-5-1-2-8-18(24)25/h3-4,6-7,9,11H,1-2,5,8,10,12-13H2,(H,21,26)(H,24,25). The van der Waals surface area contributed by atoms with Crippen molar-refractivity contribution in [1.82, 2.24) is 5.32 Å². The van der Waals surface area contributed by atoms with E-state index >= 15 is 0 Å². The van der Waals surface area contributed by atoms with Gasteiger partial charge < -0.3 is 19.7 Å². The van der Waals surface area contributed by atoms with Crippen molar-refractivity contribution in [1.29, 1.82) is 0 Å². The molecule has 2 aromatic rings. The predicted molar refractivity (Wildman–Crippen MR) is 98.5 cm³/mol.